The van der Waals surface area contributed by atoms with Gasteiger partial charge < -0.3 is 25.3 Å². The highest BCUT2D eigenvalue weighted by Crippen LogP contribution is 2.23. The summed E-state index contributed by atoms with van der Waals surface area (Å²) in [6, 6.07) is 15.0. The third-order valence-corrected chi connectivity index (χ3v) is 6.19. The Kier molecular flexibility index (Phi) is 13.3. The number of ether oxygens (including phenoxy) is 1. The molecule has 14 nitrogen and oxygen atoms in total. The highest BCUT2D eigenvalue weighted by atomic mass is 16.5. The molecule has 14 heteroatoms. The number of rotatable bonds is 16. The lowest BCUT2D eigenvalue weighted by molar-refractivity contribution is 0.148. The number of azo groups is 1. The van der Waals surface area contributed by atoms with Gasteiger partial charge in [0.2, 0.25) is 5.95 Å². The molecule has 43 heavy (non-hydrogen) atoms. The van der Waals surface area contributed by atoms with Crippen molar-refractivity contribution in [2.24, 2.45) is 15.4 Å². The molecule has 3 rings (SSSR count). The van der Waals surface area contributed by atoms with Crippen LogP contribution < -0.4 is 26.4 Å². The molecule has 0 atom stereocenters. The van der Waals surface area contributed by atoms with Gasteiger partial charge in [-0.05, 0) is 80.4 Å². The predicted octanol–water partition coefficient (Wildman–Crippen LogP) is 5.83. The largest absolute Gasteiger partial charge is 0.448 e. The SMILES string of the molecule is CCN(CCOC(=O)NCCCCCCNC(=O)Nc1nc(=O)cc(C)[nH]1)c1ccc(/N=N/c2ccc(N=O)cc2)cc1. The van der Waals surface area contributed by atoms with Gasteiger partial charge in [0.1, 0.15) is 12.3 Å². The number of aromatic nitrogens is 2. The molecule has 0 bridgehead atoms. The first-order chi connectivity index (χ1) is 20.9. The predicted molar refractivity (Wildman–Crippen MR) is 165 cm³/mol. The fraction of sp³-hybridized carbons (Fsp3) is 0.379. The van der Waals surface area contributed by atoms with Crippen LogP contribution in [0.15, 0.2) is 74.8 Å². The Morgan fingerprint density at radius 2 is 1.51 bits per heavy atom. The highest BCUT2D eigenvalue weighted by Gasteiger charge is 2.08. The monoisotopic (exact) mass is 591 g/mol. The first kappa shape index (κ1) is 32.4. The minimum absolute atomic E-state index is 0.107. The average molecular weight is 592 g/mol. The van der Waals surface area contributed by atoms with E-state index in [2.05, 4.69) is 46.2 Å². The molecule has 4 N–H and O–H groups in total. The van der Waals surface area contributed by atoms with Crippen molar-refractivity contribution in [2.45, 2.75) is 39.5 Å². The minimum Gasteiger partial charge on any atom is -0.448 e. The molecule has 0 aliphatic rings. The number of H-pyrrole nitrogens is 1. The third kappa shape index (κ3) is 12.1. The van der Waals surface area contributed by atoms with Gasteiger partial charge in [-0.15, -0.1) is 4.91 Å². The number of nitroso groups, excluding NO2 is 1. The molecule has 3 aromatic rings. The molecule has 0 saturated carbocycles. The number of alkyl carbamates (subject to hydrolysis) is 1. The van der Waals surface area contributed by atoms with Gasteiger partial charge >= 0.3 is 12.1 Å². The van der Waals surface area contributed by atoms with Gasteiger partial charge in [-0.3, -0.25) is 10.1 Å². The molecule has 0 saturated heterocycles. The number of carbonyl (C=O) groups excluding carboxylic acids is 2. The van der Waals surface area contributed by atoms with E-state index < -0.39 is 17.7 Å². The van der Waals surface area contributed by atoms with E-state index in [1.807, 2.05) is 31.2 Å². The van der Waals surface area contributed by atoms with Gasteiger partial charge in [-0.25, -0.2) is 9.59 Å². The van der Waals surface area contributed by atoms with E-state index in [0.29, 0.717) is 42.4 Å². The zero-order chi connectivity index (χ0) is 30.9. The first-order valence-electron chi connectivity index (χ1n) is 14.1. The Labute approximate surface area is 249 Å². The third-order valence-electron chi connectivity index (χ3n) is 6.19. The summed E-state index contributed by atoms with van der Waals surface area (Å²) in [4.78, 5) is 54.4. The highest BCUT2D eigenvalue weighted by molar-refractivity contribution is 5.87. The van der Waals surface area contributed by atoms with Crippen LogP contribution in [0.3, 0.4) is 0 Å². The number of benzene rings is 2. The Bertz CT molecular complexity index is 1410. The van der Waals surface area contributed by atoms with E-state index >= 15 is 0 Å². The second kappa shape index (κ2) is 17.6. The number of urea groups is 1. The maximum Gasteiger partial charge on any atom is 0.407 e. The Hall–Kier alpha value is -5.14. The summed E-state index contributed by atoms with van der Waals surface area (Å²) >= 11 is 0. The number of nitrogens with one attached hydrogen (secondary N) is 4. The molecule has 0 unspecified atom stereocenters. The summed E-state index contributed by atoms with van der Waals surface area (Å²) in [5, 5.41) is 19.2. The zero-order valence-electron chi connectivity index (χ0n) is 24.3. The lowest BCUT2D eigenvalue weighted by Crippen LogP contribution is -2.31. The molecule has 3 amide bonds. The summed E-state index contributed by atoms with van der Waals surface area (Å²) in [7, 11) is 0. The van der Waals surface area contributed by atoms with Crippen molar-refractivity contribution in [2.75, 3.05) is 43.0 Å². The molecule has 0 fully saturated rings. The number of anilines is 2. The summed E-state index contributed by atoms with van der Waals surface area (Å²) in [5.41, 5.74) is 2.80. The van der Waals surface area contributed by atoms with Crippen molar-refractivity contribution >= 4 is 40.8 Å². The van der Waals surface area contributed by atoms with Crippen molar-refractivity contribution in [3.63, 3.8) is 0 Å². The van der Waals surface area contributed by atoms with Gasteiger partial charge in [0.15, 0.2) is 0 Å². The maximum absolute atomic E-state index is 12.0. The molecule has 1 aromatic heterocycles. The summed E-state index contributed by atoms with van der Waals surface area (Å²) < 4.78 is 5.33. The normalized spacial score (nSPS) is 10.7. The first-order valence-corrected chi connectivity index (χ1v) is 14.1. The molecule has 0 aliphatic carbocycles. The van der Waals surface area contributed by atoms with Crippen LogP contribution in [0.5, 0.6) is 0 Å². The minimum atomic E-state index is -0.454. The molecule has 2 aromatic carbocycles. The number of unbranched alkanes of at least 4 members (excludes halogenated alkanes) is 3. The quantitative estimate of drug-likeness (QED) is 0.0918. The summed E-state index contributed by atoms with van der Waals surface area (Å²) in [5.74, 6) is 0.107. The molecule has 0 radical (unpaired) electrons. The summed E-state index contributed by atoms with van der Waals surface area (Å²) in [6.07, 6.45) is 2.89. The second-order valence-electron chi connectivity index (χ2n) is 9.51. The second-order valence-corrected chi connectivity index (χ2v) is 9.51. The Morgan fingerprint density at radius 1 is 0.907 bits per heavy atom. The van der Waals surface area contributed by atoms with E-state index in [9.17, 15) is 19.3 Å². The Morgan fingerprint density at radius 3 is 2.12 bits per heavy atom. The number of aromatic amines is 1. The van der Waals surface area contributed by atoms with Crippen LogP contribution in [0.2, 0.25) is 0 Å². The van der Waals surface area contributed by atoms with Crippen LogP contribution in [-0.4, -0.2) is 54.9 Å². The standard InChI is InChI=1S/C29H37N9O5/c1-3-38(25-14-12-23(13-15-25)36-35-22-8-10-24(37-42)11-9-22)18-19-43-29(41)31-17-7-5-4-6-16-30-28(40)34-27-32-21(2)20-26(39)33-27/h8-15,20H,3-7,16-19H2,1-2H3,(H,31,41)(H3,30,32,33,34,39,40)/b36-35+. The number of hydrogen-bond acceptors (Lipinski definition) is 10. The number of nitrogens with zero attached hydrogens (tertiary/aromatic N) is 5. The van der Waals surface area contributed by atoms with Gasteiger partial charge in [0, 0.05) is 37.1 Å². The van der Waals surface area contributed by atoms with Crippen molar-refractivity contribution < 1.29 is 14.3 Å². The Balaban J connectivity index is 1.24. The molecule has 228 valence electrons. The molecular formula is C29H37N9O5. The van der Waals surface area contributed by atoms with Crippen LogP contribution in [0.4, 0.5) is 38.3 Å². The number of amides is 3. The van der Waals surface area contributed by atoms with Crippen molar-refractivity contribution in [3.05, 3.63) is 75.6 Å². The maximum atomic E-state index is 12.0. The van der Waals surface area contributed by atoms with Crippen molar-refractivity contribution in [1.29, 1.82) is 0 Å². The zero-order valence-corrected chi connectivity index (χ0v) is 24.3. The van der Waals surface area contributed by atoms with Gasteiger partial charge in [0.05, 0.1) is 17.9 Å². The average Bonchev–Trinajstić information content (AvgIpc) is 2.99. The number of likely N-dealkylation sites (N-methyl/N-ethyl adjacent to an activating group) is 1. The van der Waals surface area contributed by atoms with E-state index in [4.69, 9.17) is 4.74 Å². The van der Waals surface area contributed by atoms with Gasteiger partial charge in [-0.2, -0.15) is 15.2 Å². The summed E-state index contributed by atoms with van der Waals surface area (Å²) in [6.45, 7) is 6.24. The van der Waals surface area contributed by atoms with E-state index in [0.717, 1.165) is 37.9 Å². The molecule has 1 heterocycles. The van der Waals surface area contributed by atoms with Crippen LogP contribution in [-0.2, 0) is 4.74 Å². The van der Waals surface area contributed by atoms with E-state index in [1.165, 1.54) is 6.07 Å². The molecule has 0 spiro atoms. The van der Waals surface area contributed by atoms with Gasteiger partial charge in [0.25, 0.3) is 5.56 Å². The van der Waals surface area contributed by atoms with Crippen LogP contribution in [0.1, 0.15) is 38.3 Å². The van der Waals surface area contributed by atoms with Crippen LogP contribution in [0.25, 0.3) is 0 Å². The number of hydrogen-bond donors (Lipinski definition) is 4. The lowest BCUT2D eigenvalue weighted by atomic mass is 10.2. The van der Waals surface area contributed by atoms with E-state index in [1.54, 1.807) is 31.2 Å². The van der Waals surface area contributed by atoms with E-state index in [-0.39, 0.29) is 12.6 Å². The van der Waals surface area contributed by atoms with Crippen LogP contribution in [0, 0.1) is 11.8 Å². The van der Waals surface area contributed by atoms with Gasteiger partial charge in [-0.1, -0.05) is 12.8 Å². The van der Waals surface area contributed by atoms with Crippen molar-refractivity contribution in [1.82, 2.24) is 20.6 Å². The fourth-order valence-electron chi connectivity index (χ4n) is 3.98. The smallest absolute Gasteiger partial charge is 0.407 e. The number of carbonyl (C=O) groups is 2. The molecule has 0 aliphatic heterocycles. The van der Waals surface area contributed by atoms with Crippen molar-refractivity contribution in [3.8, 4) is 0 Å². The molecular weight excluding hydrogens is 554 g/mol. The van der Waals surface area contributed by atoms with Crippen LogP contribution >= 0.6 is 0 Å². The number of aryl methyl sites for hydroxylation is 1. The topological polar surface area (TPSA) is 183 Å². The fourth-order valence-corrected chi connectivity index (χ4v) is 3.98. The lowest BCUT2D eigenvalue weighted by Gasteiger charge is -2.23.